The van der Waals surface area contributed by atoms with Crippen molar-refractivity contribution in [2.45, 2.75) is 38.6 Å². The van der Waals surface area contributed by atoms with Gasteiger partial charge in [-0.05, 0) is 33.5 Å². The summed E-state index contributed by atoms with van der Waals surface area (Å²) in [5.74, 6) is 0.771. The van der Waals surface area contributed by atoms with Gasteiger partial charge in [0.1, 0.15) is 0 Å². The summed E-state index contributed by atoms with van der Waals surface area (Å²) in [4.78, 5) is 8.55. The molecule has 0 spiro atoms. The molecule has 0 bridgehead atoms. The van der Waals surface area contributed by atoms with Crippen molar-refractivity contribution in [3.05, 3.63) is 15.6 Å². The van der Waals surface area contributed by atoms with E-state index in [1.807, 2.05) is 11.3 Å². The Morgan fingerprint density at radius 1 is 1.41 bits per heavy atom. The first-order valence-electron chi connectivity index (χ1n) is 6.54. The van der Waals surface area contributed by atoms with Gasteiger partial charge in [0.05, 0.1) is 10.7 Å². The molecule has 0 radical (unpaired) electrons. The molecule has 1 N–H and O–H groups in total. The van der Waals surface area contributed by atoms with Gasteiger partial charge in [-0.3, -0.25) is 0 Å². The Bertz CT molecular complexity index is 356. The summed E-state index contributed by atoms with van der Waals surface area (Å²) < 4.78 is 0. The van der Waals surface area contributed by atoms with Crippen molar-refractivity contribution in [2.24, 2.45) is 0 Å². The smallest absolute Gasteiger partial charge is 0.0944 e. The molecule has 1 saturated carbocycles. The van der Waals surface area contributed by atoms with Crippen LogP contribution in [0.15, 0.2) is 0 Å². The van der Waals surface area contributed by atoms with E-state index in [1.54, 1.807) is 0 Å². The Morgan fingerprint density at radius 3 is 2.76 bits per heavy atom. The van der Waals surface area contributed by atoms with Crippen LogP contribution in [0.1, 0.15) is 41.3 Å². The van der Waals surface area contributed by atoms with Crippen LogP contribution in [-0.2, 0) is 13.0 Å². The summed E-state index contributed by atoms with van der Waals surface area (Å²) in [5, 5.41) is 4.74. The van der Waals surface area contributed by atoms with Crippen molar-refractivity contribution in [2.75, 3.05) is 27.2 Å². The molecule has 1 heterocycles. The molecule has 96 valence electrons. The molecular weight excluding hydrogens is 230 g/mol. The number of thiazole rings is 1. The van der Waals surface area contributed by atoms with Gasteiger partial charge in [0.25, 0.3) is 0 Å². The molecule has 0 atom stereocenters. The van der Waals surface area contributed by atoms with Crippen LogP contribution >= 0.6 is 11.3 Å². The minimum absolute atomic E-state index is 0.771. The summed E-state index contributed by atoms with van der Waals surface area (Å²) >= 11 is 1.91. The molecule has 3 nitrogen and oxygen atoms in total. The van der Waals surface area contributed by atoms with E-state index in [9.17, 15) is 0 Å². The molecular formula is C13H23N3S. The van der Waals surface area contributed by atoms with Gasteiger partial charge < -0.3 is 10.2 Å². The highest BCUT2D eigenvalue weighted by atomic mass is 32.1. The van der Waals surface area contributed by atoms with Gasteiger partial charge in [0, 0.05) is 30.3 Å². The van der Waals surface area contributed by atoms with E-state index in [0.29, 0.717) is 0 Å². The quantitative estimate of drug-likeness (QED) is 0.808. The SMILES string of the molecule is CCNCc1sc(CCN(C)C)nc1C1CC1. The minimum Gasteiger partial charge on any atom is -0.312 e. The average molecular weight is 253 g/mol. The second kappa shape index (κ2) is 5.94. The van der Waals surface area contributed by atoms with E-state index < -0.39 is 0 Å². The molecule has 0 aliphatic heterocycles. The number of likely N-dealkylation sites (N-methyl/N-ethyl adjacent to an activating group) is 1. The minimum atomic E-state index is 0.771. The van der Waals surface area contributed by atoms with Crippen LogP contribution in [0.3, 0.4) is 0 Å². The fourth-order valence-corrected chi connectivity index (χ4v) is 2.99. The van der Waals surface area contributed by atoms with Crippen molar-refractivity contribution < 1.29 is 0 Å². The Morgan fingerprint density at radius 2 is 2.18 bits per heavy atom. The fourth-order valence-electron chi connectivity index (χ4n) is 1.88. The van der Waals surface area contributed by atoms with E-state index >= 15 is 0 Å². The molecule has 1 aliphatic rings. The van der Waals surface area contributed by atoms with Crippen LogP contribution in [0.4, 0.5) is 0 Å². The highest BCUT2D eigenvalue weighted by Gasteiger charge is 2.29. The lowest BCUT2D eigenvalue weighted by Gasteiger charge is -2.06. The lowest BCUT2D eigenvalue weighted by Crippen LogP contribution is -2.14. The van der Waals surface area contributed by atoms with Crippen LogP contribution in [-0.4, -0.2) is 37.1 Å². The molecule has 2 rings (SSSR count). The van der Waals surface area contributed by atoms with E-state index in [2.05, 4.69) is 31.2 Å². The summed E-state index contributed by atoms with van der Waals surface area (Å²) in [6, 6.07) is 0. The highest BCUT2D eigenvalue weighted by Crippen LogP contribution is 2.42. The van der Waals surface area contributed by atoms with Crippen molar-refractivity contribution >= 4 is 11.3 Å². The normalized spacial score (nSPS) is 15.8. The maximum atomic E-state index is 4.85. The number of hydrogen-bond acceptors (Lipinski definition) is 4. The molecule has 1 aliphatic carbocycles. The monoisotopic (exact) mass is 253 g/mol. The Labute approximate surface area is 108 Å². The van der Waals surface area contributed by atoms with Crippen molar-refractivity contribution in [3.8, 4) is 0 Å². The third kappa shape index (κ3) is 3.76. The molecule has 1 aromatic rings. The number of hydrogen-bond donors (Lipinski definition) is 1. The van der Waals surface area contributed by atoms with Gasteiger partial charge in [0.15, 0.2) is 0 Å². The van der Waals surface area contributed by atoms with Gasteiger partial charge in [-0.15, -0.1) is 11.3 Å². The first-order chi connectivity index (χ1) is 8.20. The fraction of sp³-hybridized carbons (Fsp3) is 0.769. The summed E-state index contributed by atoms with van der Waals surface area (Å²) in [7, 11) is 4.24. The van der Waals surface area contributed by atoms with Crippen molar-refractivity contribution in [1.29, 1.82) is 0 Å². The maximum absolute atomic E-state index is 4.85. The standard InChI is InChI=1S/C13H23N3S/c1-4-14-9-11-13(10-5-6-10)15-12(17-11)7-8-16(2)3/h10,14H,4-9H2,1-3H3. The summed E-state index contributed by atoms with van der Waals surface area (Å²) in [6.07, 6.45) is 3.77. The van der Waals surface area contributed by atoms with Gasteiger partial charge >= 0.3 is 0 Å². The van der Waals surface area contributed by atoms with Crippen LogP contribution in [0, 0.1) is 0 Å². The zero-order valence-electron chi connectivity index (χ0n) is 11.1. The zero-order chi connectivity index (χ0) is 12.3. The average Bonchev–Trinajstić information content (AvgIpc) is 3.06. The Kier molecular flexibility index (Phi) is 4.54. The Hall–Kier alpha value is -0.450. The highest BCUT2D eigenvalue weighted by molar-refractivity contribution is 7.11. The van der Waals surface area contributed by atoms with Crippen molar-refractivity contribution in [3.63, 3.8) is 0 Å². The van der Waals surface area contributed by atoms with Crippen LogP contribution < -0.4 is 5.32 Å². The lowest BCUT2D eigenvalue weighted by molar-refractivity contribution is 0.413. The molecule has 4 heteroatoms. The number of nitrogens with one attached hydrogen (secondary N) is 1. The van der Waals surface area contributed by atoms with E-state index in [4.69, 9.17) is 4.98 Å². The molecule has 1 aromatic heterocycles. The Balaban J connectivity index is 2.01. The summed E-state index contributed by atoms with van der Waals surface area (Å²) in [5.41, 5.74) is 1.39. The number of aromatic nitrogens is 1. The van der Waals surface area contributed by atoms with Gasteiger partial charge in [-0.1, -0.05) is 6.92 Å². The van der Waals surface area contributed by atoms with E-state index in [1.165, 1.54) is 28.4 Å². The molecule has 0 amide bonds. The number of nitrogens with zero attached hydrogens (tertiary/aromatic N) is 2. The van der Waals surface area contributed by atoms with E-state index in [-0.39, 0.29) is 0 Å². The van der Waals surface area contributed by atoms with Crippen LogP contribution in [0.2, 0.25) is 0 Å². The molecule has 0 saturated heterocycles. The van der Waals surface area contributed by atoms with Gasteiger partial charge in [-0.25, -0.2) is 4.98 Å². The van der Waals surface area contributed by atoms with Crippen molar-refractivity contribution in [1.82, 2.24) is 15.2 Å². The molecule has 17 heavy (non-hydrogen) atoms. The number of rotatable bonds is 7. The van der Waals surface area contributed by atoms with E-state index in [0.717, 1.165) is 32.0 Å². The third-order valence-electron chi connectivity index (χ3n) is 3.04. The largest absolute Gasteiger partial charge is 0.312 e. The third-order valence-corrected chi connectivity index (χ3v) is 4.18. The first-order valence-corrected chi connectivity index (χ1v) is 7.36. The van der Waals surface area contributed by atoms with Gasteiger partial charge in [-0.2, -0.15) is 0 Å². The molecule has 0 unspecified atom stereocenters. The second-order valence-electron chi connectivity index (χ2n) is 5.02. The molecule has 1 fully saturated rings. The molecule has 0 aromatic carbocycles. The topological polar surface area (TPSA) is 28.2 Å². The maximum Gasteiger partial charge on any atom is 0.0944 e. The van der Waals surface area contributed by atoms with Crippen LogP contribution in [0.5, 0.6) is 0 Å². The summed E-state index contributed by atoms with van der Waals surface area (Å²) in [6.45, 7) is 5.29. The van der Waals surface area contributed by atoms with Crippen LogP contribution in [0.25, 0.3) is 0 Å². The predicted octanol–water partition coefficient (Wildman–Crippen LogP) is 2.23. The predicted molar refractivity (Wildman–Crippen MR) is 73.7 cm³/mol. The first kappa shape index (κ1) is 13.0. The zero-order valence-corrected chi connectivity index (χ0v) is 11.9. The lowest BCUT2D eigenvalue weighted by atomic mass is 10.2. The second-order valence-corrected chi connectivity index (χ2v) is 6.19. The van der Waals surface area contributed by atoms with Gasteiger partial charge in [0.2, 0.25) is 0 Å².